The third-order valence-corrected chi connectivity index (χ3v) is 11.9. The maximum Gasteiger partial charge on any atom is 0.201 e. The number of aromatic nitrogens is 1. The number of pyridine rings is 1. The van der Waals surface area contributed by atoms with Gasteiger partial charge in [0.15, 0.2) is 0 Å². The van der Waals surface area contributed by atoms with Gasteiger partial charge in [0.2, 0.25) is 8.32 Å². The highest BCUT2D eigenvalue weighted by Crippen LogP contribution is 2.51. The monoisotopic (exact) mass is 333 g/mol. The Morgan fingerprint density at radius 3 is 2.35 bits per heavy atom. The molecule has 0 aromatic carbocycles. The summed E-state index contributed by atoms with van der Waals surface area (Å²) in [6.45, 7) is 14.1. The molecule has 2 heterocycles. The summed E-state index contributed by atoms with van der Waals surface area (Å²) in [5.74, 6) is 0. The van der Waals surface area contributed by atoms with Crippen LogP contribution >= 0.6 is 0 Å². The first-order valence-corrected chi connectivity index (χ1v) is 11.3. The average Bonchev–Trinajstić information content (AvgIpc) is 3.26. The van der Waals surface area contributed by atoms with E-state index in [1.165, 1.54) is 5.56 Å². The fourth-order valence-electron chi connectivity index (χ4n) is 4.80. The highest BCUT2D eigenvalue weighted by Gasteiger charge is 2.50. The summed E-state index contributed by atoms with van der Waals surface area (Å²) in [6.07, 6.45) is 4.82. The van der Waals surface area contributed by atoms with Crippen LogP contribution in [0.1, 0.15) is 77.8 Å². The maximum absolute atomic E-state index is 7.06. The number of ether oxygens (including phenoxy) is 1. The van der Waals surface area contributed by atoms with Crippen molar-refractivity contribution in [3.63, 3.8) is 0 Å². The van der Waals surface area contributed by atoms with Crippen LogP contribution in [0, 0.1) is 0 Å². The standard InChI is InChI=1S/C19H31NO2Si/c1-12(2)23(13(3)4,14(5)6)22-16-9-10-17-19(21-17)15-8-7-11-20-18(15)16/h7-8,11-14,16-17,19H,9-10H2,1-6H3/t16-,17-,19+/m1/s1. The van der Waals surface area contributed by atoms with Crippen LogP contribution in [0.25, 0.3) is 0 Å². The molecule has 3 atom stereocenters. The Morgan fingerprint density at radius 2 is 1.74 bits per heavy atom. The van der Waals surface area contributed by atoms with Crippen molar-refractivity contribution < 1.29 is 9.16 Å². The molecule has 2 aliphatic rings. The fourth-order valence-corrected chi connectivity index (χ4v) is 10.3. The van der Waals surface area contributed by atoms with Crippen molar-refractivity contribution in [3.8, 4) is 0 Å². The van der Waals surface area contributed by atoms with Crippen LogP contribution in [0.15, 0.2) is 18.3 Å². The van der Waals surface area contributed by atoms with E-state index in [0.717, 1.165) is 18.5 Å². The molecule has 4 heteroatoms. The van der Waals surface area contributed by atoms with Gasteiger partial charge in [-0.2, -0.15) is 0 Å². The van der Waals surface area contributed by atoms with Gasteiger partial charge in [-0.15, -0.1) is 0 Å². The minimum atomic E-state index is -1.89. The molecule has 3 nitrogen and oxygen atoms in total. The Kier molecular flexibility index (Phi) is 4.69. The SMILES string of the molecule is CC(C)[Si](O[C@@H]1CC[C@H]2O[C@H]2c2cccnc21)(C(C)C)C(C)C. The van der Waals surface area contributed by atoms with E-state index in [1.807, 2.05) is 12.3 Å². The van der Waals surface area contributed by atoms with Crippen LogP contribution in [0.5, 0.6) is 0 Å². The quantitative estimate of drug-likeness (QED) is 0.523. The highest BCUT2D eigenvalue weighted by molar-refractivity contribution is 6.77. The van der Waals surface area contributed by atoms with Crippen molar-refractivity contribution in [2.75, 3.05) is 0 Å². The Hall–Kier alpha value is -0.713. The lowest BCUT2D eigenvalue weighted by Crippen LogP contribution is -2.48. The van der Waals surface area contributed by atoms with Crippen LogP contribution in [0.3, 0.4) is 0 Å². The van der Waals surface area contributed by atoms with Crippen molar-refractivity contribution in [3.05, 3.63) is 29.6 Å². The van der Waals surface area contributed by atoms with E-state index in [9.17, 15) is 0 Å². The second-order valence-corrected chi connectivity index (χ2v) is 13.5. The fraction of sp³-hybridized carbons (Fsp3) is 0.737. The van der Waals surface area contributed by atoms with Gasteiger partial charge in [-0.3, -0.25) is 4.98 Å². The van der Waals surface area contributed by atoms with Crippen molar-refractivity contribution >= 4 is 8.32 Å². The second kappa shape index (κ2) is 6.30. The molecule has 0 radical (unpaired) electrons. The Balaban J connectivity index is 1.96. The Bertz CT molecular complexity index is 536. The van der Waals surface area contributed by atoms with Gasteiger partial charge in [0.05, 0.1) is 17.9 Å². The maximum atomic E-state index is 7.06. The summed E-state index contributed by atoms with van der Waals surface area (Å²) < 4.78 is 12.9. The third kappa shape index (κ3) is 2.90. The molecule has 0 saturated carbocycles. The van der Waals surface area contributed by atoms with Gasteiger partial charge in [0, 0.05) is 11.8 Å². The Morgan fingerprint density at radius 1 is 1.09 bits per heavy atom. The highest BCUT2D eigenvalue weighted by atomic mass is 28.4. The lowest BCUT2D eigenvalue weighted by atomic mass is 10.1. The summed E-state index contributed by atoms with van der Waals surface area (Å²) >= 11 is 0. The summed E-state index contributed by atoms with van der Waals surface area (Å²) in [7, 11) is -1.89. The zero-order chi connectivity index (χ0) is 16.8. The molecule has 0 spiro atoms. The van der Waals surface area contributed by atoms with Crippen molar-refractivity contribution in [1.82, 2.24) is 4.98 Å². The van der Waals surface area contributed by atoms with Crippen LogP contribution in [-0.4, -0.2) is 19.4 Å². The van der Waals surface area contributed by atoms with Gasteiger partial charge >= 0.3 is 0 Å². The zero-order valence-corrected chi connectivity index (χ0v) is 16.4. The number of hydrogen-bond acceptors (Lipinski definition) is 3. The molecule has 1 saturated heterocycles. The summed E-state index contributed by atoms with van der Waals surface area (Å²) in [6, 6.07) is 4.20. The van der Waals surface area contributed by atoms with E-state index >= 15 is 0 Å². The van der Waals surface area contributed by atoms with E-state index in [0.29, 0.717) is 22.7 Å². The summed E-state index contributed by atoms with van der Waals surface area (Å²) in [5.41, 5.74) is 4.20. The third-order valence-electron chi connectivity index (χ3n) is 5.83. The number of epoxide rings is 1. The molecule has 1 fully saturated rings. The molecule has 1 aromatic rings. The van der Waals surface area contributed by atoms with Gasteiger partial charge in [-0.1, -0.05) is 47.6 Å². The van der Waals surface area contributed by atoms with Crippen LogP contribution in [0.4, 0.5) is 0 Å². The van der Waals surface area contributed by atoms with E-state index in [4.69, 9.17) is 14.1 Å². The van der Waals surface area contributed by atoms with Gasteiger partial charge in [-0.25, -0.2) is 0 Å². The first kappa shape index (κ1) is 17.1. The number of fused-ring (bicyclic) bond motifs is 3. The van der Waals surface area contributed by atoms with Crippen LogP contribution < -0.4 is 0 Å². The minimum absolute atomic E-state index is 0.140. The van der Waals surface area contributed by atoms with Crippen LogP contribution in [-0.2, 0) is 9.16 Å². The normalized spacial score (nSPS) is 27.1. The van der Waals surface area contributed by atoms with E-state index < -0.39 is 8.32 Å². The first-order chi connectivity index (χ1) is 10.9. The molecule has 0 amide bonds. The molecule has 0 unspecified atom stereocenters. The first-order valence-electron chi connectivity index (χ1n) is 9.16. The minimum Gasteiger partial charge on any atom is -0.408 e. The van der Waals surface area contributed by atoms with Gasteiger partial charge in [-0.05, 0) is 35.5 Å². The number of rotatable bonds is 5. The Labute approximate surface area is 141 Å². The number of nitrogens with zero attached hydrogens (tertiary/aromatic N) is 1. The molecule has 0 bridgehead atoms. The smallest absolute Gasteiger partial charge is 0.201 e. The van der Waals surface area contributed by atoms with Gasteiger partial charge in [0.1, 0.15) is 6.10 Å². The lowest BCUT2D eigenvalue weighted by Gasteiger charge is -2.44. The van der Waals surface area contributed by atoms with E-state index in [1.54, 1.807) is 0 Å². The van der Waals surface area contributed by atoms with Crippen molar-refractivity contribution in [1.29, 1.82) is 0 Å². The summed E-state index contributed by atoms with van der Waals surface area (Å²) in [5, 5.41) is 0. The molecular weight excluding hydrogens is 302 g/mol. The van der Waals surface area contributed by atoms with Crippen molar-refractivity contribution in [2.45, 2.75) is 89.3 Å². The van der Waals surface area contributed by atoms with E-state index in [-0.39, 0.29) is 12.2 Å². The number of hydrogen-bond donors (Lipinski definition) is 0. The predicted molar refractivity (Wildman–Crippen MR) is 96.0 cm³/mol. The zero-order valence-electron chi connectivity index (χ0n) is 15.4. The summed E-state index contributed by atoms with van der Waals surface area (Å²) in [4.78, 5) is 4.72. The molecule has 3 rings (SSSR count). The lowest BCUT2D eigenvalue weighted by molar-refractivity contribution is 0.153. The molecule has 1 aliphatic carbocycles. The molecule has 1 aliphatic heterocycles. The topological polar surface area (TPSA) is 34.6 Å². The molecule has 1 aromatic heterocycles. The van der Waals surface area contributed by atoms with Gasteiger partial charge < -0.3 is 9.16 Å². The average molecular weight is 334 g/mol. The van der Waals surface area contributed by atoms with Crippen LogP contribution in [0.2, 0.25) is 16.6 Å². The van der Waals surface area contributed by atoms with Crippen molar-refractivity contribution in [2.24, 2.45) is 0 Å². The molecule has 0 N–H and O–H groups in total. The molecule has 128 valence electrons. The largest absolute Gasteiger partial charge is 0.408 e. The molecule has 23 heavy (non-hydrogen) atoms. The molecular formula is C19H31NO2Si. The van der Waals surface area contributed by atoms with Gasteiger partial charge in [0.25, 0.3) is 0 Å². The van der Waals surface area contributed by atoms with E-state index in [2.05, 4.69) is 47.6 Å². The second-order valence-electron chi connectivity index (χ2n) is 8.07. The predicted octanol–water partition coefficient (Wildman–Crippen LogP) is 5.55.